The van der Waals surface area contributed by atoms with E-state index in [4.69, 9.17) is 4.98 Å². The molecule has 5 rings (SSSR count). The number of hydrogen-bond donors (Lipinski definition) is 1. The summed E-state index contributed by atoms with van der Waals surface area (Å²) in [5.74, 6) is 0.0697. The van der Waals surface area contributed by atoms with E-state index in [1.165, 1.54) is 16.4 Å². The Bertz CT molecular complexity index is 1500. The predicted octanol–water partition coefficient (Wildman–Crippen LogP) is 5.15. The van der Waals surface area contributed by atoms with Gasteiger partial charge in [0.1, 0.15) is 17.2 Å². The van der Waals surface area contributed by atoms with Crippen LogP contribution < -0.4 is 10.9 Å². The van der Waals surface area contributed by atoms with Gasteiger partial charge in [-0.3, -0.25) is 19.0 Å². The van der Waals surface area contributed by atoms with Gasteiger partial charge in [-0.2, -0.15) is 0 Å². The summed E-state index contributed by atoms with van der Waals surface area (Å²) in [6.45, 7) is 3.31. The molecule has 1 aliphatic rings. The van der Waals surface area contributed by atoms with Crippen molar-refractivity contribution >= 4 is 38.9 Å². The maximum Gasteiger partial charge on any atom is 0.263 e. The predicted molar refractivity (Wildman–Crippen MR) is 136 cm³/mol. The lowest BCUT2D eigenvalue weighted by atomic mass is 9.97. The lowest BCUT2D eigenvalue weighted by Gasteiger charge is -2.14. The minimum Gasteiger partial charge on any atom is -0.325 e. The van der Waals surface area contributed by atoms with Gasteiger partial charge in [0.15, 0.2) is 5.78 Å². The van der Waals surface area contributed by atoms with E-state index in [0.29, 0.717) is 22.5 Å². The number of amides is 1. The molecule has 0 atom stereocenters. The van der Waals surface area contributed by atoms with Gasteiger partial charge in [-0.15, -0.1) is 11.3 Å². The van der Waals surface area contributed by atoms with E-state index in [9.17, 15) is 14.4 Å². The van der Waals surface area contributed by atoms with Crippen LogP contribution in [0.25, 0.3) is 21.6 Å². The van der Waals surface area contributed by atoms with Crippen LogP contribution in [0.1, 0.15) is 46.1 Å². The third-order valence-corrected chi connectivity index (χ3v) is 7.39. The van der Waals surface area contributed by atoms with Crippen molar-refractivity contribution in [1.82, 2.24) is 9.55 Å². The van der Waals surface area contributed by atoms with Crippen LogP contribution in [0.4, 0.5) is 5.69 Å². The average Bonchev–Trinajstić information content (AvgIpc) is 3.19. The molecule has 1 aliphatic carbocycles. The van der Waals surface area contributed by atoms with Crippen LogP contribution in [0, 0.1) is 6.92 Å². The van der Waals surface area contributed by atoms with E-state index in [0.717, 1.165) is 47.2 Å². The molecule has 2 heterocycles. The molecule has 1 amide bonds. The molecule has 172 valence electrons. The second-order valence-electron chi connectivity index (χ2n) is 8.77. The Balaban J connectivity index is 1.59. The highest BCUT2D eigenvalue weighted by atomic mass is 32.1. The summed E-state index contributed by atoms with van der Waals surface area (Å²) in [5, 5.41) is 3.49. The summed E-state index contributed by atoms with van der Waals surface area (Å²) in [5.41, 5.74) is 3.82. The molecule has 0 spiro atoms. The molecule has 1 N–H and O–H groups in total. The Morgan fingerprint density at radius 1 is 1.09 bits per heavy atom. The molecule has 0 saturated heterocycles. The number of nitrogens with one attached hydrogen (secondary N) is 1. The molecule has 7 heteroatoms. The fraction of sp³-hybridized carbons (Fsp3) is 0.259. The van der Waals surface area contributed by atoms with Crippen LogP contribution in [0.5, 0.6) is 0 Å². The highest BCUT2D eigenvalue weighted by Crippen LogP contribution is 2.35. The first-order chi connectivity index (χ1) is 16.4. The summed E-state index contributed by atoms with van der Waals surface area (Å²) >= 11 is 1.60. The van der Waals surface area contributed by atoms with Crippen molar-refractivity contribution in [3.63, 3.8) is 0 Å². The zero-order chi connectivity index (χ0) is 23.8. The number of hydrogen-bond acceptors (Lipinski definition) is 5. The van der Waals surface area contributed by atoms with E-state index in [1.807, 2.05) is 31.2 Å². The van der Waals surface area contributed by atoms with Crippen LogP contribution in [0.15, 0.2) is 53.3 Å². The maximum absolute atomic E-state index is 13.8. The molecule has 0 fully saturated rings. The van der Waals surface area contributed by atoms with E-state index >= 15 is 0 Å². The first-order valence-corrected chi connectivity index (χ1v) is 12.3. The number of carbonyl (C=O) groups excluding carboxylic acids is 2. The lowest BCUT2D eigenvalue weighted by Crippen LogP contribution is -2.30. The average molecular weight is 472 g/mol. The molecule has 4 aromatic rings. The second kappa shape index (κ2) is 8.99. The van der Waals surface area contributed by atoms with Gasteiger partial charge in [0.25, 0.3) is 5.56 Å². The molecular formula is C27H25N3O3S. The highest BCUT2D eigenvalue weighted by Gasteiger charge is 2.23. The molecule has 34 heavy (non-hydrogen) atoms. The number of fused-ring (bicyclic) bond motifs is 3. The normalized spacial score (nSPS) is 13.0. The molecule has 0 aliphatic heterocycles. The number of Topliss-reactive ketones (excluding diaryl/α,β-unsaturated/α-hetero) is 1. The number of nitrogens with zero attached hydrogens (tertiary/aromatic N) is 2. The molecule has 6 nitrogen and oxygen atoms in total. The zero-order valence-corrected chi connectivity index (χ0v) is 20.0. The molecule has 2 aromatic heterocycles. The Labute approximate surface area is 201 Å². The van der Waals surface area contributed by atoms with Crippen molar-refractivity contribution < 1.29 is 9.59 Å². The molecular weight excluding hydrogens is 446 g/mol. The van der Waals surface area contributed by atoms with Gasteiger partial charge in [-0.25, -0.2) is 4.98 Å². The first-order valence-electron chi connectivity index (χ1n) is 11.4. The van der Waals surface area contributed by atoms with Gasteiger partial charge < -0.3 is 5.32 Å². The Morgan fingerprint density at radius 2 is 1.88 bits per heavy atom. The third-order valence-electron chi connectivity index (χ3n) is 6.21. The van der Waals surface area contributed by atoms with E-state index < -0.39 is 0 Å². The standard InChI is InChI=1S/C27H25N3O3S/c1-16-7-5-9-19(13-16)25-29-26-24(21-11-3-4-12-22(21)34-26)27(33)30(25)15-23(32)28-20-10-6-8-18(14-20)17(2)31/h5-10,13-14H,3-4,11-12,15H2,1-2H3,(H,28,32). The molecule has 0 radical (unpaired) electrons. The minimum atomic E-state index is -0.345. The SMILES string of the molecule is CC(=O)c1cccc(NC(=O)Cn2c(-c3cccc(C)c3)nc3sc4c(c3c2=O)CCCC4)c1. The molecule has 0 saturated carbocycles. The maximum atomic E-state index is 13.8. The number of rotatable bonds is 5. The van der Waals surface area contributed by atoms with Crippen molar-refractivity contribution in [1.29, 1.82) is 0 Å². The number of benzene rings is 2. The molecule has 0 unspecified atom stereocenters. The van der Waals surface area contributed by atoms with E-state index in [2.05, 4.69) is 5.32 Å². The zero-order valence-electron chi connectivity index (χ0n) is 19.2. The fourth-order valence-corrected chi connectivity index (χ4v) is 5.80. The van der Waals surface area contributed by atoms with Crippen molar-refractivity contribution in [2.24, 2.45) is 0 Å². The summed E-state index contributed by atoms with van der Waals surface area (Å²) in [6.07, 6.45) is 4.04. The van der Waals surface area contributed by atoms with Gasteiger partial charge in [0, 0.05) is 21.7 Å². The molecule has 0 bridgehead atoms. The number of carbonyl (C=O) groups is 2. The van der Waals surface area contributed by atoms with Crippen LogP contribution in [-0.4, -0.2) is 21.2 Å². The van der Waals surface area contributed by atoms with Gasteiger partial charge in [0.05, 0.1) is 5.39 Å². The lowest BCUT2D eigenvalue weighted by molar-refractivity contribution is -0.116. The van der Waals surface area contributed by atoms with Gasteiger partial charge in [0.2, 0.25) is 5.91 Å². The van der Waals surface area contributed by atoms with Gasteiger partial charge in [-0.1, -0.05) is 35.9 Å². The topological polar surface area (TPSA) is 81.1 Å². The number of aryl methyl sites for hydroxylation is 3. The summed E-state index contributed by atoms with van der Waals surface area (Å²) in [7, 11) is 0. The van der Waals surface area contributed by atoms with Crippen LogP contribution in [0.2, 0.25) is 0 Å². The molecule has 2 aromatic carbocycles. The monoisotopic (exact) mass is 471 g/mol. The smallest absolute Gasteiger partial charge is 0.263 e. The summed E-state index contributed by atoms with van der Waals surface area (Å²) < 4.78 is 1.49. The third kappa shape index (κ3) is 4.19. The van der Waals surface area contributed by atoms with Crippen LogP contribution >= 0.6 is 11.3 Å². The van der Waals surface area contributed by atoms with Crippen molar-refractivity contribution in [2.75, 3.05) is 5.32 Å². The van der Waals surface area contributed by atoms with Gasteiger partial charge in [-0.05, 0) is 63.3 Å². The summed E-state index contributed by atoms with van der Waals surface area (Å²) in [6, 6.07) is 14.6. The summed E-state index contributed by atoms with van der Waals surface area (Å²) in [4.78, 5) is 45.4. The Kier molecular flexibility index (Phi) is 5.87. The van der Waals surface area contributed by atoms with Crippen molar-refractivity contribution in [3.05, 3.63) is 80.5 Å². The Hall–Kier alpha value is -3.58. The van der Waals surface area contributed by atoms with Crippen molar-refractivity contribution in [3.8, 4) is 11.4 Å². The van der Waals surface area contributed by atoms with Crippen LogP contribution in [0.3, 0.4) is 0 Å². The van der Waals surface area contributed by atoms with Crippen LogP contribution in [-0.2, 0) is 24.2 Å². The minimum absolute atomic E-state index is 0.0778. The van der Waals surface area contributed by atoms with E-state index in [-0.39, 0.29) is 23.8 Å². The highest BCUT2D eigenvalue weighted by molar-refractivity contribution is 7.18. The number of anilines is 1. The fourth-order valence-electron chi connectivity index (χ4n) is 4.55. The van der Waals surface area contributed by atoms with Crippen molar-refractivity contribution in [2.45, 2.75) is 46.1 Å². The number of ketones is 1. The first kappa shape index (κ1) is 22.2. The second-order valence-corrected chi connectivity index (χ2v) is 9.86. The number of thiophene rings is 1. The van der Waals surface area contributed by atoms with Gasteiger partial charge >= 0.3 is 0 Å². The quantitative estimate of drug-likeness (QED) is 0.408. The largest absolute Gasteiger partial charge is 0.325 e. The Morgan fingerprint density at radius 3 is 2.68 bits per heavy atom. The van der Waals surface area contributed by atoms with E-state index in [1.54, 1.807) is 35.6 Å². The number of aromatic nitrogens is 2.